The molecule has 0 aromatic heterocycles. The molecule has 2 N–H and O–H groups in total. The molecule has 0 saturated heterocycles. The molecule has 0 radical (unpaired) electrons. The number of anilines is 1. The lowest BCUT2D eigenvalue weighted by atomic mass is 9.80. The van der Waals surface area contributed by atoms with Crippen LogP contribution in [0.1, 0.15) is 25.3 Å². The Balaban J connectivity index is 2.30. The summed E-state index contributed by atoms with van der Waals surface area (Å²) in [5.74, 6) is 0.560. The molecule has 0 saturated carbocycles. The summed E-state index contributed by atoms with van der Waals surface area (Å²) in [6, 6.07) is 18.9. The summed E-state index contributed by atoms with van der Waals surface area (Å²) in [7, 11) is 3.23. The van der Waals surface area contributed by atoms with Crippen LogP contribution in [0.5, 0.6) is 0 Å². The van der Waals surface area contributed by atoms with Gasteiger partial charge >= 0.3 is 5.97 Å². The zero-order valence-electron chi connectivity index (χ0n) is 22.2. The molecule has 8 heteroatoms. The SMILES string of the molecule is C=C/C=C(/CNC(=NC)C1=C(N(C=O)c2ccccc2)NC(C)=C(C(=O)OCC)C1c1ccccc1)OC. The number of benzene rings is 2. The first-order valence-electron chi connectivity index (χ1n) is 12.3. The minimum absolute atomic E-state index is 0.226. The van der Waals surface area contributed by atoms with Crippen molar-refractivity contribution in [2.24, 2.45) is 4.99 Å². The number of dihydropyridines is 1. The maximum Gasteiger partial charge on any atom is 0.336 e. The van der Waals surface area contributed by atoms with Crippen LogP contribution in [0, 0.1) is 0 Å². The van der Waals surface area contributed by atoms with Gasteiger partial charge in [0.25, 0.3) is 0 Å². The number of rotatable bonds is 11. The van der Waals surface area contributed by atoms with E-state index in [0.717, 1.165) is 12.0 Å². The summed E-state index contributed by atoms with van der Waals surface area (Å²) in [4.78, 5) is 32.0. The van der Waals surface area contributed by atoms with E-state index in [4.69, 9.17) is 9.47 Å². The fourth-order valence-electron chi connectivity index (χ4n) is 4.33. The number of nitrogens with zero attached hydrogens (tertiary/aromatic N) is 2. The molecule has 3 rings (SSSR count). The Morgan fingerprint density at radius 3 is 2.34 bits per heavy atom. The van der Waals surface area contributed by atoms with E-state index in [1.165, 1.54) is 4.90 Å². The van der Waals surface area contributed by atoms with Crippen LogP contribution in [0.15, 0.2) is 113 Å². The summed E-state index contributed by atoms with van der Waals surface area (Å²) in [6.07, 6.45) is 4.13. The lowest BCUT2D eigenvalue weighted by molar-refractivity contribution is -0.138. The van der Waals surface area contributed by atoms with Crippen molar-refractivity contribution in [2.45, 2.75) is 19.8 Å². The molecule has 1 amide bonds. The number of amidine groups is 1. The lowest BCUT2D eigenvalue weighted by Crippen LogP contribution is -2.43. The van der Waals surface area contributed by atoms with Gasteiger partial charge in [0.2, 0.25) is 6.41 Å². The smallest absolute Gasteiger partial charge is 0.336 e. The number of allylic oxidation sites excluding steroid dienone is 3. The number of methoxy groups -OCH3 is 1. The van der Waals surface area contributed by atoms with Gasteiger partial charge in [-0.3, -0.25) is 14.7 Å². The number of amides is 1. The Bertz CT molecular complexity index is 1260. The third kappa shape index (κ3) is 6.21. The largest absolute Gasteiger partial charge is 0.499 e. The van der Waals surface area contributed by atoms with Crippen molar-refractivity contribution in [3.63, 3.8) is 0 Å². The standard InChI is InChI=1S/C30H34N4O4/c1-6-14-24(37-5)19-32-28(31-4)27-26(22-15-10-8-11-16-22)25(30(36)38-7-2)21(3)33-29(27)34(20-35)23-17-12-9-13-18-23/h6,8-18,20,26,33H,1,7,19H2,2-5H3,(H,31,32)/b24-14-. The van der Waals surface area contributed by atoms with Crippen LogP contribution in [0.3, 0.4) is 0 Å². The molecule has 0 bridgehead atoms. The van der Waals surface area contributed by atoms with E-state index >= 15 is 0 Å². The molecule has 2 aromatic carbocycles. The number of para-hydroxylation sites is 1. The maximum atomic E-state index is 13.3. The average molecular weight is 515 g/mol. The lowest BCUT2D eigenvalue weighted by Gasteiger charge is -2.36. The van der Waals surface area contributed by atoms with Gasteiger partial charge in [0.05, 0.1) is 37.4 Å². The Hall–Kier alpha value is -4.59. The molecule has 0 fully saturated rings. The van der Waals surface area contributed by atoms with Gasteiger partial charge in [0.15, 0.2) is 0 Å². The third-order valence-electron chi connectivity index (χ3n) is 6.03. The molecule has 1 aliphatic rings. The zero-order chi connectivity index (χ0) is 27.5. The summed E-state index contributed by atoms with van der Waals surface area (Å²) in [6.45, 7) is 7.84. The number of nitrogens with one attached hydrogen (secondary N) is 2. The van der Waals surface area contributed by atoms with E-state index in [1.54, 1.807) is 40.2 Å². The van der Waals surface area contributed by atoms with Gasteiger partial charge in [0, 0.05) is 18.3 Å². The topological polar surface area (TPSA) is 92.3 Å². The van der Waals surface area contributed by atoms with Crippen molar-refractivity contribution >= 4 is 23.9 Å². The number of carbonyl (C=O) groups excluding carboxylic acids is 2. The Morgan fingerprint density at radius 1 is 1.13 bits per heavy atom. The highest BCUT2D eigenvalue weighted by atomic mass is 16.5. The first-order valence-corrected chi connectivity index (χ1v) is 12.3. The number of aliphatic imine (C=N–C) groups is 1. The number of hydrogen-bond acceptors (Lipinski definition) is 6. The average Bonchev–Trinajstić information content (AvgIpc) is 2.94. The van der Waals surface area contributed by atoms with Crippen LogP contribution in [0.25, 0.3) is 0 Å². The van der Waals surface area contributed by atoms with Crippen molar-refractivity contribution in [1.29, 1.82) is 0 Å². The highest BCUT2D eigenvalue weighted by molar-refractivity contribution is 6.06. The van der Waals surface area contributed by atoms with E-state index < -0.39 is 11.9 Å². The molecule has 0 spiro atoms. The Kier molecular flexibility index (Phi) is 10.0. The van der Waals surface area contributed by atoms with E-state index in [9.17, 15) is 9.59 Å². The van der Waals surface area contributed by atoms with Gasteiger partial charge < -0.3 is 20.1 Å². The monoisotopic (exact) mass is 514 g/mol. The molecule has 1 unspecified atom stereocenters. The summed E-state index contributed by atoms with van der Waals surface area (Å²) in [5, 5.41) is 6.65. The van der Waals surface area contributed by atoms with E-state index in [0.29, 0.717) is 46.5 Å². The van der Waals surface area contributed by atoms with Gasteiger partial charge in [-0.05, 0) is 37.6 Å². The molecular weight excluding hydrogens is 480 g/mol. The second-order valence-electron chi connectivity index (χ2n) is 8.30. The summed E-state index contributed by atoms with van der Waals surface area (Å²) < 4.78 is 10.9. The number of ether oxygens (including phenoxy) is 2. The van der Waals surface area contributed by atoms with E-state index in [-0.39, 0.29) is 6.61 Å². The minimum Gasteiger partial charge on any atom is -0.499 e. The third-order valence-corrected chi connectivity index (χ3v) is 6.03. The molecule has 1 heterocycles. The highest BCUT2D eigenvalue weighted by Gasteiger charge is 2.39. The molecule has 38 heavy (non-hydrogen) atoms. The van der Waals surface area contributed by atoms with E-state index in [2.05, 4.69) is 22.2 Å². The fourth-order valence-corrected chi connectivity index (χ4v) is 4.33. The van der Waals surface area contributed by atoms with Crippen LogP contribution < -0.4 is 15.5 Å². The van der Waals surface area contributed by atoms with Crippen LogP contribution in [-0.2, 0) is 19.1 Å². The summed E-state index contributed by atoms with van der Waals surface area (Å²) >= 11 is 0. The van der Waals surface area contributed by atoms with Gasteiger partial charge in [-0.25, -0.2) is 4.79 Å². The number of carbonyl (C=O) groups is 2. The Morgan fingerprint density at radius 2 is 1.79 bits per heavy atom. The minimum atomic E-state index is -0.585. The van der Waals surface area contributed by atoms with E-state index in [1.807, 2.05) is 60.7 Å². The highest BCUT2D eigenvalue weighted by Crippen LogP contribution is 2.40. The Labute approximate surface area is 224 Å². The van der Waals surface area contributed by atoms with Gasteiger partial charge in [-0.2, -0.15) is 0 Å². The van der Waals surface area contributed by atoms with Crippen molar-refractivity contribution in [2.75, 3.05) is 32.2 Å². The molecule has 1 aliphatic heterocycles. The normalized spacial score (nSPS) is 15.9. The van der Waals surface area contributed by atoms with Crippen molar-refractivity contribution in [3.05, 3.63) is 113 Å². The first-order chi connectivity index (χ1) is 18.5. The van der Waals surface area contributed by atoms with Crippen LogP contribution in [0.2, 0.25) is 0 Å². The van der Waals surface area contributed by atoms with Crippen molar-refractivity contribution < 1.29 is 19.1 Å². The zero-order valence-corrected chi connectivity index (χ0v) is 22.2. The van der Waals surface area contributed by atoms with Gasteiger partial charge in [0.1, 0.15) is 17.4 Å². The van der Waals surface area contributed by atoms with Gasteiger partial charge in [-0.15, -0.1) is 0 Å². The second kappa shape index (κ2) is 13.6. The number of esters is 1. The van der Waals surface area contributed by atoms with Crippen LogP contribution in [0.4, 0.5) is 5.69 Å². The molecule has 2 aromatic rings. The molecule has 8 nitrogen and oxygen atoms in total. The predicted octanol–water partition coefficient (Wildman–Crippen LogP) is 4.42. The second-order valence-corrected chi connectivity index (χ2v) is 8.30. The predicted molar refractivity (Wildman–Crippen MR) is 150 cm³/mol. The molecule has 1 atom stereocenters. The molecule has 198 valence electrons. The first kappa shape index (κ1) is 28.0. The fraction of sp³-hybridized carbons (Fsp3) is 0.233. The summed E-state index contributed by atoms with van der Waals surface area (Å²) in [5.41, 5.74) is 3.13. The number of hydrogen-bond donors (Lipinski definition) is 2. The molecular formula is C30H34N4O4. The van der Waals surface area contributed by atoms with Crippen LogP contribution >= 0.6 is 0 Å². The van der Waals surface area contributed by atoms with Gasteiger partial charge in [-0.1, -0.05) is 61.2 Å². The quantitative estimate of drug-likeness (QED) is 0.115. The van der Waals surface area contributed by atoms with Crippen molar-refractivity contribution in [1.82, 2.24) is 10.6 Å². The van der Waals surface area contributed by atoms with Crippen LogP contribution in [-0.4, -0.2) is 45.5 Å². The molecule has 0 aliphatic carbocycles. The maximum absolute atomic E-state index is 13.3. The van der Waals surface area contributed by atoms with Crippen molar-refractivity contribution in [3.8, 4) is 0 Å².